The van der Waals surface area contributed by atoms with Crippen molar-refractivity contribution in [1.82, 2.24) is 0 Å². The fourth-order valence-corrected chi connectivity index (χ4v) is 7.72. The fraction of sp³-hybridized carbons (Fsp3) is 0.778. The Balaban J connectivity index is 1.38. The largest absolute Gasteiger partial charge is 0.393 e. The number of fused-ring (bicyclic) bond motifs is 3. The molecule has 5 rings (SSSR count). The fourth-order valence-electron chi connectivity index (χ4n) is 7.72. The number of allylic oxidation sites excluding steroid dienone is 3. The molecule has 3 aliphatic carbocycles. The summed E-state index contributed by atoms with van der Waals surface area (Å²) < 4.78 is 13.2. The van der Waals surface area contributed by atoms with Crippen molar-refractivity contribution >= 4 is 0 Å². The Hall–Kier alpha value is -0.940. The maximum absolute atomic E-state index is 10.2. The highest BCUT2D eigenvalue weighted by atomic mass is 16.7. The van der Waals surface area contributed by atoms with Crippen LogP contribution in [0.25, 0.3) is 0 Å². The van der Waals surface area contributed by atoms with Crippen LogP contribution in [0.1, 0.15) is 72.1 Å². The lowest BCUT2D eigenvalue weighted by molar-refractivity contribution is -0.271. The molecule has 2 aliphatic heterocycles. The summed E-state index contributed by atoms with van der Waals surface area (Å²) in [5.41, 5.74) is 3.54. The van der Waals surface area contributed by atoms with E-state index < -0.39 is 12.2 Å². The second kappa shape index (κ2) is 7.83. The summed E-state index contributed by atoms with van der Waals surface area (Å²) in [7, 11) is 0. The van der Waals surface area contributed by atoms with Gasteiger partial charge in [0, 0.05) is 18.8 Å². The molecule has 3 saturated carbocycles. The van der Waals surface area contributed by atoms with E-state index in [0.717, 1.165) is 37.0 Å². The van der Waals surface area contributed by atoms with Gasteiger partial charge in [-0.1, -0.05) is 45.1 Å². The molecule has 2 heterocycles. The molecule has 1 spiro atoms. The number of hydrogen-bond acceptors (Lipinski definition) is 4. The van der Waals surface area contributed by atoms with Gasteiger partial charge in [-0.2, -0.15) is 0 Å². The van der Waals surface area contributed by atoms with E-state index in [1.807, 2.05) is 0 Å². The molecule has 5 fully saturated rings. The topological polar surface area (TPSA) is 58.9 Å². The van der Waals surface area contributed by atoms with E-state index in [1.54, 1.807) is 0 Å². The van der Waals surface area contributed by atoms with Crippen LogP contribution in [-0.2, 0) is 9.47 Å². The van der Waals surface area contributed by atoms with E-state index in [9.17, 15) is 10.2 Å². The molecule has 4 nitrogen and oxygen atoms in total. The minimum Gasteiger partial charge on any atom is -0.393 e. The average molecular weight is 429 g/mol. The second-order valence-electron chi connectivity index (χ2n) is 11.5. The molecule has 4 unspecified atom stereocenters. The Morgan fingerprint density at radius 3 is 2.68 bits per heavy atom. The highest BCUT2D eigenvalue weighted by Gasteiger charge is 2.65. The summed E-state index contributed by atoms with van der Waals surface area (Å²) in [5.74, 6) is 1.80. The van der Waals surface area contributed by atoms with Crippen LogP contribution < -0.4 is 0 Å². The van der Waals surface area contributed by atoms with Crippen LogP contribution >= 0.6 is 0 Å². The zero-order valence-corrected chi connectivity index (χ0v) is 19.5. The summed E-state index contributed by atoms with van der Waals surface area (Å²) >= 11 is 0. The minimum absolute atomic E-state index is 0.255. The molecule has 4 heteroatoms. The van der Waals surface area contributed by atoms with Gasteiger partial charge in [0.15, 0.2) is 5.79 Å². The molecule has 9 atom stereocenters. The Kier molecular flexibility index (Phi) is 5.53. The minimum atomic E-state index is -0.625. The lowest BCUT2D eigenvalue weighted by Crippen LogP contribution is -2.46. The van der Waals surface area contributed by atoms with Gasteiger partial charge in [0.25, 0.3) is 0 Å². The zero-order chi connectivity index (χ0) is 22.0. The van der Waals surface area contributed by atoms with E-state index in [1.165, 1.54) is 24.8 Å². The molecular formula is C27H40O4. The molecular weight excluding hydrogens is 388 g/mol. The third kappa shape index (κ3) is 3.49. The molecule has 5 aliphatic rings. The summed E-state index contributed by atoms with van der Waals surface area (Å²) in [6, 6.07) is 0. The number of aliphatic hydroxyl groups excluding tert-OH is 2. The van der Waals surface area contributed by atoms with Crippen LogP contribution in [0, 0.1) is 29.1 Å². The molecule has 0 bridgehead atoms. The highest BCUT2D eigenvalue weighted by molar-refractivity contribution is 5.39. The average Bonchev–Trinajstić information content (AvgIpc) is 3.17. The van der Waals surface area contributed by atoms with E-state index >= 15 is 0 Å². The molecule has 31 heavy (non-hydrogen) atoms. The third-order valence-electron chi connectivity index (χ3n) is 9.50. The molecule has 172 valence electrons. The third-order valence-corrected chi connectivity index (χ3v) is 9.50. The number of rotatable bonds is 1. The molecule has 0 amide bonds. The number of aliphatic hydroxyl groups is 2. The first-order valence-corrected chi connectivity index (χ1v) is 12.5. The maximum Gasteiger partial charge on any atom is 0.171 e. The Labute approximate surface area is 187 Å². The smallest absolute Gasteiger partial charge is 0.171 e. The van der Waals surface area contributed by atoms with Crippen LogP contribution in [0.4, 0.5) is 0 Å². The van der Waals surface area contributed by atoms with Gasteiger partial charge in [0.2, 0.25) is 0 Å². The van der Waals surface area contributed by atoms with Gasteiger partial charge in [-0.05, 0) is 72.8 Å². The van der Waals surface area contributed by atoms with Crippen molar-refractivity contribution in [2.24, 2.45) is 29.1 Å². The van der Waals surface area contributed by atoms with Crippen molar-refractivity contribution < 1.29 is 19.7 Å². The van der Waals surface area contributed by atoms with Gasteiger partial charge in [0.1, 0.15) is 0 Å². The van der Waals surface area contributed by atoms with E-state index in [2.05, 4.69) is 39.5 Å². The predicted octanol–water partition coefficient (Wildman–Crippen LogP) is 4.92. The summed E-state index contributed by atoms with van der Waals surface area (Å²) in [6.07, 6.45) is 11.5. The van der Waals surface area contributed by atoms with E-state index in [0.29, 0.717) is 42.6 Å². The molecule has 0 aromatic heterocycles. The zero-order valence-electron chi connectivity index (χ0n) is 19.5. The van der Waals surface area contributed by atoms with Crippen molar-refractivity contribution in [2.75, 3.05) is 6.61 Å². The first kappa shape index (κ1) is 21.9. The molecule has 0 aromatic rings. The van der Waals surface area contributed by atoms with Crippen LogP contribution in [0.15, 0.2) is 35.5 Å². The lowest BCUT2D eigenvalue weighted by Gasteiger charge is -2.46. The Morgan fingerprint density at radius 1 is 1.13 bits per heavy atom. The monoisotopic (exact) mass is 428 g/mol. The van der Waals surface area contributed by atoms with Gasteiger partial charge in [-0.25, -0.2) is 0 Å². The molecule has 2 saturated heterocycles. The van der Waals surface area contributed by atoms with Crippen molar-refractivity contribution in [3.63, 3.8) is 0 Å². The van der Waals surface area contributed by atoms with Crippen LogP contribution in [-0.4, -0.2) is 40.9 Å². The van der Waals surface area contributed by atoms with Crippen LogP contribution in [0.5, 0.6) is 0 Å². The molecule has 0 aromatic carbocycles. The summed E-state index contributed by atoms with van der Waals surface area (Å²) in [5, 5.41) is 20.3. The van der Waals surface area contributed by atoms with Crippen molar-refractivity contribution in [1.29, 1.82) is 0 Å². The van der Waals surface area contributed by atoms with Crippen LogP contribution in [0.3, 0.4) is 0 Å². The first-order valence-electron chi connectivity index (χ1n) is 12.5. The standard InChI is InChI=1S/C27H40O4/c1-16-9-11-27(30-15-16)18(3)25-24(31-27)14-22-19(6-5-10-26(22,25)4)7-8-20-12-21(28)13-23(29)17(20)2/h7-8,16,18,21-25,28-29H,2,5-6,9-15H2,1,3-4H3/b19-7+,20-8-/t16-,18?,21-,22?,23+,24?,25?,26+,27-/m1/s1. The van der Waals surface area contributed by atoms with Crippen molar-refractivity contribution in [3.8, 4) is 0 Å². The van der Waals surface area contributed by atoms with Gasteiger partial charge in [0.05, 0.1) is 24.9 Å². The summed E-state index contributed by atoms with van der Waals surface area (Å²) in [4.78, 5) is 0. The first-order chi connectivity index (χ1) is 14.7. The lowest BCUT2D eigenvalue weighted by atomic mass is 9.60. The van der Waals surface area contributed by atoms with E-state index in [-0.39, 0.29) is 11.2 Å². The molecule has 2 N–H and O–H groups in total. The van der Waals surface area contributed by atoms with Gasteiger partial charge in [-0.3, -0.25) is 0 Å². The van der Waals surface area contributed by atoms with Gasteiger partial charge < -0.3 is 19.7 Å². The number of hydrogen-bond donors (Lipinski definition) is 2. The van der Waals surface area contributed by atoms with Crippen molar-refractivity contribution in [2.45, 2.75) is 96.2 Å². The van der Waals surface area contributed by atoms with Crippen LogP contribution in [0.2, 0.25) is 0 Å². The molecule has 0 radical (unpaired) electrons. The second-order valence-corrected chi connectivity index (χ2v) is 11.5. The maximum atomic E-state index is 10.2. The van der Waals surface area contributed by atoms with Crippen molar-refractivity contribution in [3.05, 3.63) is 35.5 Å². The summed E-state index contributed by atoms with van der Waals surface area (Å²) in [6.45, 7) is 12.0. The highest BCUT2D eigenvalue weighted by Crippen LogP contribution is 2.66. The SMILES string of the molecule is C=C1/C(=C\C=C2/CCC[C@@]3(C)C2CC2O[C@]4(CC[C@@H](C)CO4)C(C)C23)C[C@@H](O)C[C@@H]1O. The Bertz CT molecular complexity index is 789. The number of ether oxygens (including phenoxy) is 2. The quantitative estimate of drug-likeness (QED) is 0.623. The Morgan fingerprint density at radius 2 is 1.94 bits per heavy atom. The predicted molar refractivity (Wildman–Crippen MR) is 121 cm³/mol. The van der Waals surface area contributed by atoms with Gasteiger partial charge >= 0.3 is 0 Å². The van der Waals surface area contributed by atoms with Gasteiger partial charge in [-0.15, -0.1) is 0 Å². The van der Waals surface area contributed by atoms with E-state index in [4.69, 9.17) is 9.47 Å². The normalized spacial score (nSPS) is 52.7.